The van der Waals surface area contributed by atoms with E-state index in [-0.39, 0.29) is 17.4 Å². The second-order valence-corrected chi connectivity index (χ2v) is 7.10. The molecule has 0 saturated carbocycles. The number of carbonyl (C=O) groups is 1. The average molecular weight is 325 g/mol. The third kappa shape index (κ3) is 2.96. The van der Waals surface area contributed by atoms with Crippen molar-refractivity contribution in [2.75, 3.05) is 13.1 Å². The zero-order valence-corrected chi connectivity index (χ0v) is 14.0. The Morgan fingerprint density at radius 1 is 1.33 bits per heavy atom. The predicted molar refractivity (Wildman–Crippen MR) is 90.4 cm³/mol. The monoisotopic (exact) mass is 325 g/mol. The Morgan fingerprint density at radius 3 is 2.83 bits per heavy atom. The van der Waals surface area contributed by atoms with Gasteiger partial charge >= 0.3 is 0 Å². The summed E-state index contributed by atoms with van der Waals surface area (Å²) in [5, 5.41) is 3.29. The van der Waals surface area contributed by atoms with E-state index >= 15 is 0 Å². The number of furan rings is 1. The van der Waals surface area contributed by atoms with Crippen molar-refractivity contribution in [3.05, 3.63) is 53.7 Å². The maximum atomic E-state index is 12.5. The normalized spacial score (nSPS) is 23.5. The number of hydrogen-bond acceptors (Lipinski definition) is 4. The van der Waals surface area contributed by atoms with Gasteiger partial charge in [0.05, 0.1) is 12.5 Å². The first-order chi connectivity index (χ1) is 11.6. The minimum absolute atomic E-state index is 0.0484. The van der Waals surface area contributed by atoms with Crippen molar-refractivity contribution >= 4 is 5.91 Å². The highest BCUT2D eigenvalue weighted by Gasteiger charge is 2.46. The molecule has 1 N–H and O–H groups in total. The second kappa shape index (κ2) is 6.06. The lowest BCUT2D eigenvalue weighted by Gasteiger charge is -2.39. The van der Waals surface area contributed by atoms with Crippen molar-refractivity contribution in [2.24, 2.45) is 0 Å². The Kier molecular flexibility index (Phi) is 3.88. The van der Waals surface area contributed by atoms with Gasteiger partial charge in [0, 0.05) is 31.0 Å². The summed E-state index contributed by atoms with van der Waals surface area (Å²) < 4.78 is 5.68. The summed E-state index contributed by atoms with van der Waals surface area (Å²) in [7, 11) is 0. The summed E-state index contributed by atoms with van der Waals surface area (Å²) in [5.74, 6) is 2.07. The van der Waals surface area contributed by atoms with Crippen molar-refractivity contribution in [3.8, 4) is 0 Å². The Hall–Kier alpha value is -2.14. The molecule has 2 aliphatic rings. The number of aryl methyl sites for hydroxylation is 1. The number of amides is 1. The van der Waals surface area contributed by atoms with Gasteiger partial charge in [0.1, 0.15) is 11.5 Å². The number of aromatic nitrogens is 1. The number of pyridine rings is 1. The summed E-state index contributed by atoms with van der Waals surface area (Å²) in [4.78, 5) is 19.0. The van der Waals surface area contributed by atoms with Crippen LogP contribution in [0.1, 0.15) is 42.3 Å². The number of nitrogens with one attached hydrogen (secondary N) is 1. The van der Waals surface area contributed by atoms with Gasteiger partial charge in [-0.3, -0.25) is 14.7 Å². The highest BCUT2D eigenvalue weighted by Crippen LogP contribution is 2.39. The van der Waals surface area contributed by atoms with Gasteiger partial charge in [0.15, 0.2) is 0 Å². The number of likely N-dealkylation sites (tertiary alicyclic amines) is 1. The smallest absolute Gasteiger partial charge is 0.228 e. The third-order valence-corrected chi connectivity index (χ3v) is 5.38. The molecule has 4 rings (SSSR count). The molecule has 126 valence electrons. The van der Waals surface area contributed by atoms with Gasteiger partial charge in [-0.15, -0.1) is 0 Å². The van der Waals surface area contributed by atoms with Crippen LogP contribution in [0.3, 0.4) is 0 Å². The molecule has 4 heterocycles. The molecular formula is C19H23N3O2. The molecule has 24 heavy (non-hydrogen) atoms. The van der Waals surface area contributed by atoms with E-state index in [9.17, 15) is 4.79 Å². The van der Waals surface area contributed by atoms with Crippen LogP contribution in [0.5, 0.6) is 0 Å². The number of hydrogen-bond donors (Lipinski definition) is 1. The van der Waals surface area contributed by atoms with Crippen LogP contribution in [-0.2, 0) is 11.3 Å². The van der Waals surface area contributed by atoms with Crippen LogP contribution in [0.15, 0.2) is 41.1 Å². The quantitative estimate of drug-likeness (QED) is 0.942. The number of nitrogens with zero attached hydrogens (tertiary/aromatic N) is 2. The molecule has 0 bridgehead atoms. The SMILES string of the molecule is Cc1ccc(CN2CCC3(CC2)C[C@H](c2cccnc2)C(=O)N3)o1. The van der Waals surface area contributed by atoms with E-state index in [0.717, 1.165) is 56.0 Å². The topological polar surface area (TPSA) is 58.4 Å². The van der Waals surface area contributed by atoms with Crippen LogP contribution in [0, 0.1) is 6.92 Å². The highest BCUT2D eigenvalue weighted by molar-refractivity contribution is 5.87. The van der Waals surface area contributed by atoms with E-state index in [1.165, 1.54) is 0 Å². The standard InChI is InChI=1S/C19H23N3O2/c1-14-4-5-16(24-14)13-22-9-6-19(7-10-22)11-17(18(23)21-19)15-3-2-8-20-12-15/h2-5,8,12,17H,6-7,9-11,13H2,1H3,(H,21,23)/t17-/m1/s1. The summed E-state index contributed by atoms with van der Waals surface area (Å²) in [5.41, 5.74) is 0.980. The van der Waals surface area contributed by atoms with Gasteiger partial charge in [-0.2, -0.15) is 0 Å². The fourth-order valence-electron chi connectivity index (χ4n) is 3.99. The molecule has 5 nitrogen and oxygen atoms in total. The number of piperidine rings is 1. The zero-order valence-electron chi connectivity index (χ0n) is 14.0. The molecular weight excluding hydrogens is 302 g/mol. The average Bonchev–Trinajstić information content (AvgIpc) is 3.14. The molecule has 2 aliphatic heterocycles. The largest absolute Gasteiger partial charge is 0.465 e. The molecule has 1 amide bonds. The molecule has 2 saturated heterocycles. The molecule has 1 spiro atoms. The molecule has 0 unspecified atom stereocenters. The van der Waals surface area contributed by atoms with Gasteiger partial charge in [0.2, 0.25) is 5.91 Å². The van der Waals surface area contributed by atoms with E-state index in [2.05, 4.69) is 21.3 Å². The minimum atomic E-state index is -0.0574. The molecule has 0 radical (unpaired) electrons. The van der Waals surface area contributed by atoms with Gasteiger partial charge in [-0.25, -0.2) is 0 Å². The van der Waals surface area contributed by atoms with Crippen molar-refractivity contribution in [1.82, 2.24) is 15.2 Å². The van der Waals surface area contributed by atoms with Crippen LogP contribution in [0.4, 0.5) is 0 Å². The summed E-state index contributed by atoms with van der Waals surface area (Å²) in [6.45, 7) is 4.80. The lowest BCUT2D eigenvalue weighted by molar-refractivity contribution is -0.121. The van der Waals surface area contributed by atoms with Crippen molar-refractivity contribution in [3.63, 3.8) is 0 Å². The first kappa shape index (κ1) is 15.4. The van der Waals surface area contributed by atoms with E-state index in [4.69, 9.17) is 4.42 Å². The Bertz CT molecular complexity index is 717. The van der Waals surface area contributed by atoms with Crippen LogP contribution in [0.25, 0.3) is 0 Å². The lowest BCUT2D eigenvalue weighted by Crippen LogP contribution is -2.50. The van der Waals surface area contributed by atoms with Crippen LogP contribution in [-0.4, -0.2) is 34.4 Å². The van der Waals surface area contributed by atoms with E-state index < -0.39 is 0 Å². The molecule has 0 aliphatic carbocycles. The molecule has 5 heteroatoms. The summed E-state index contributed by atoms with van der Waals surface area (Å²) in [6, 6.07) is 7.97. The molecule has 1 atom stereocenters. The molecule has 2 aromatic heterocycles. The summed E-state index contributed by atoms with van der Waals surface area (Å²) in [6.07, 6.45) is 6.44. The first-order valence-corrected chi connectivity index (χ1v) is 8.63. The van der Waals surface area contributed by atoms with Crippen molar-refractivity contribution < 1.29 is 9.21 Å². The van der Waals surface area contributed by atoms with Crippen molar-refractivity contribution in [2.45, 2.75) is 44.2 Å². The highest BCUT2D eigenvalue weighted by atomic mass is 16.3. The fraction of sp³-hybridized carbons (Fsp3) is 0.474. The van der Waals surface area contributed by atoms with E-state index in [1.807, 2.05) is 31.3 Å². The van der Waals surface area contributed by atoms with Gasteiger partial charge < -0.3 is 9.73 Å². The Balaban J connectivity index is 1.39. The van der Waals surface area contributed by atoms with Gasteiger partial charge in [-0.05, 0) is 49.9 Å². The number of carbonyl (C=O) groups excluding carboxylic acids is 1. The Morgan fingerprint density at radius 2 is 2.17 bits per heavy atom. The van der Waals surface area contributed by atoms with Gasteiger partial charge in [-0.1, -0.05) is 6.07 Å². The van der Waals surface area contributed by atoms with Gasteiger partial charge in [0.25, 0.3) is 0 Å². The molecule has 2 aromatic rings. The zero-order chi connectivity index (χ0) is 16.6. The second-order valence-electron chi connectivity index (χ2n) is 7.10. The first-order valence-electron chi connectivity index (χ1n) is 8.63. The maximum Gasteiger partial charge on any atom is 0.228 e. The molecule has 0 aromatic carbocycles. The van der Waals surface area contributed by atoms with Crippen molar-refractivity contribution in [1.29, 1.82) is 0 Å². The third-order valence-electron chi connectivity index (χ3n) is 5.38. The summed E-state index contributed by atoms with van der Waals surface area (Å²) >= 11 is 0. The lowest BCUT2D eigenvalue weighted by atomic mass is 9.82. The predicted octanol–water partition coefficient (Wildman–Crippen LogP) is 2.62. The van der Waals surface area contributed by atoms with E-state index in [0.29, 0.717) is 0 Å². The van der Waals surface area contributed by atoms with Crippen LogP contribution in [0.2, 0.25) is 0 Å². The van der Waals surface area contributed by atoms with E-state index in [1.54, 1.807) is 6.20 Å². The van der Waals surface area contributed by atoms with Crippen LogP contribution < -0.4 is 5.32 Å². The fourth-order valence-corrected chi connectivity index (χ4v) is 3.99. The Labute approximate surface area is 142 Å². The minimum Gasteiger partial charge on any atom is -0.465 e. The molecule has 2 fully saturated rings. The van der Waals surface area contributed by atoms with Crippen LogP contribution >= 0.6 is 0 Å². The maximum absolute atomic E-state index is 12.5. The number of rotatable bonds is 3.